The van der Waals surface area contributed by atoms with Crippen LogP contribution in [0.4, 0.5) is 0 Å². The first-order valence-corrected chi connectivity index (χ1v) is 25.4. The van der Waals surface area contributed by atoms with Crippen molar-refractivity contribution in [2.45, 2.75) is 126 Å². The van der Waals surface area contributed by atoms with E-state index in [1.165, 1.54) is 28.8 Å². The van der Waals surface area contributed by atoms with E-state index in [2.05, 4.69) is 37.2 Å². The molecule has 72 heavy (non-hydrogen) atoms. The molecule has 0 saturated carbocycles. The van der Waals surface area contributed by atoms with Crippen LogP contribution in [-0.4, -0.2) is 140 Å². The summed E-state index contributed by atoms with van der Waals surface area (Å²) in [6.45, 7) is 9.95. The van der Waals surface area contributed by atoms with Gasteiger partial charge in [0.2, 0.25) is 35.4 Å². The molecule has 4 heterocycles. The van der Waals surface area contributed by atoms with Gasteiger partial charge < -0.3 is 52.5 Å². The Morgan fingerprint density at radius 2 is 0.944 bits per heavy atom. The zero-order valence-electron chi connectivity index (χ0n) is 39.9. The second-order valence-electron chi connectivity index (χ2n) is 19.3. The quantitative estimate of drug-likeness (QED) is 0.0785. The molecule has 0 aliphatic carbocycles. The minimum absolute atomic E-state index is 0.207. The molecule has 0 spiro atoms. The predicted octanol–water partition coefficient (Wildman–Crippen LogP) is 0.791. The Labute approximate surface area is 427 Å². The molecule has 4 aliphatic heterocycles. The monoisotopic (exact) mass is 1050 g/mol. The lowest BCUT2D eigenvalue weighted by Crippen LogP contribution is -2.71. The number of benzene rings is 3. The number of aliphatic carboxylic acids is 3. The zero-order valence-corrected chi connectivity index (χ0v) is 42.3. The van der Waals surface area contributed by atoms with Crippen molar-refractivity contribution in [3.63, 3.8) is 0 Å². The normalized spacial score (nSPS) is 26.5. The third-order valence-electron chi connectivity index (χ3n) is 13.0. The number of hydrogen-bond acceptors (Lipinski definition) is 15. The van der Waals surface area contributed by atoms with Crippen molar-refractivity contribution < 1.29 is 58.5 Å². The summed E-state index contributed by atoms with van der Waals surface area (Å²) >= 11 is 3.31. The number of carboxylic acid groups (broad SMARTS) is 3. The first kappa shape index (κ1) is 53.6. The Morgan fingerprint density at radius 3 is 1.35 bits per heavy atom. The smallest absolute Gasteiger partial charge is 0.327 e. The topological polar surface area (TPSA) is 328 Å². The summed E-state index contributed by atoms with van der Waals surface area (Å²) in [6, 6.07) is 11.9. The summed E-state index contributed by atoms with van der Waals surface area (Å²) < 4.78 is -2.96. The molecule has 1 unspecified atom stereocenters. The van der Waals surface area contributed by atoms with Crippen LogP contribution in [0.25, 0.3) is 0 Å². The summed E-state index contributed by atoms with van der Waals surface area (Å²) in [5.74, 6) is -8.81. The fraction of sp³-hybridized carbons (Fsp3) is 0.438. The highest BCUT2D eigenvalue weighted by atomic mass is 32.2. The maximum atomic E-state index is 15.0. The first-order valence-electron chi connectivity index (χ1n) is 22.8. The number of nitrogens with zero attached hydrogens (tertiary/aromatic N) is 1. The average Bonchev–Trinajstić information content (AvgIpc) is 3.94. The van der Waals surface area contributed by atoms with Gasteiger partial charge in [0, 0.05) is 14.2 Å². The van der Waals surface area contributed by atoms with Crippen molar-refractivity contribution in [2.24, 2.45) is 5.73 Å². The zero-order chi connectivity index (χ0) is 52.6. The summed E-state index contributed by atoms with van der Waals surface area (Å²) in [5, 5.41) is 46.6. The second kappa shape index (κ2) is 21.1. The Balaban J connectivity index is 1.19. The van der Waals surface area contributed by atoms with Crippen LogP contribution in [0.3, 0.4) is 0 Å². The third kappa shape index (κ3) is 11.1. The van der Waals surface area contributed by atoms with Gasteiger partial charge in [0.05, 0.1) is 10.7 Å². The fourth-order valence-electron chi connectivity index (χ4n) is 9.24. The van der Waals surface area contributed by atoms with E-state index in [1.54, 1.807) is 120 Å². The maximum Gasteiger partial charge on any atom is 0.327 e. The van der Waals surface area contributed by atoms with Crippen LogP contribution >= 0.6 is 35.3 Å². The molecule has 3 aromatic rings. The van der Waals surface area contributed by atoms with E-state index in [-0.39, 0.29) is 11.1 Å². The number of amides is 6. The molecular formula is C48H57N9O12S3. The summed E-state index contributed by atoms with van der Waals surface area (Å²) in [4.78, 5) is 125. The van der Waals surface area contributed by atoms with Crippen molar-refractivity contribution in [2.75, 3.05) is 0 Å². The maximum absolute atomic E-state index is 15.0. The van der Waals surface area contributed by atoms with E-state index < -0.39 is 138 Å². The van der Waals surface area contributed by atoms with Gasteiger partial charge in [-0.05, 0) is 58.2 Å². The molecule has 12 N–H and O–H groups in total. The molecule has 3 aromatic carbocycles. The summed E-state index contributed by atoms with van der Waals surface area (Å²) in [7, 11) is 0. The van der Waals surface area contributed by atoms with Crippen LogP contribution in [-0.2, 0) is 43.2 Å². The molecule has 21 nitrogen and oxygen atoms in total. The van der Waals surface area contributed by atoms with Gasteiger partial charge in [0.1, 0.15) is 59.8 Å². The molecule has 12 atom stereocenters. The Bertz CT molecular complexity index is 2610. The largest absolute Gasteiger partial charge is 0.480 e. The van der Waals surface area contributed by atoms with Crippen molar-refractivity contribution in [1.29, 1.82) is 0 Å². The van der Waals surface area contributed by atoms with Gasteiger partial charge in [-0.15, -0.1) is 35.3 Å². The number of carboxylic acids is 3. The van der Waals surface area contributed by atoms with Crippen LogP contribution in [0.2, 0.25) is 0 Å². The second-order valence-corrected chi connectivity index (χ2v) is 24.7. The molecule has 0 bridgehead atoms. The van der Waals surface area contributed by atoms with E-state index in [4.69, 9.17) is 5.73 Å². The summed E-state index contributed by atoms with van der Waals surface area (Å²) in [5.41, 5.74) is 7.23. The number of carbonyl (C=O) groups excluding carboxylic acids is 6. The van der Waals surface area contributed by atoms with E-state index in [9.17, 15) is 58.5 Å². The highest BCUT2D eigenvalue weighted by molar-refractivity contribution is 8.02. The van der Waals surface area contributed by atoms with Crippen LogP contribution in [0.15, 0.2) is 91.0 Å². The molecule has 24 heteroatoms. The van der Waals surface area contributed by atoms with Crippen molar-refractivity contribution in [3.05, 3.63) is 108 Å². The van der Waals surface area contributed by atoms with Gasteiger partial charge in [-0.1, -0.05) is 91.0 Å². The Kier molecular flexibility index (Phi) is 15.7. The standard InChI is InChI=1S/C48H57N9O12S3/c1-46(2)31(43(64)65)55-39(70-46)28(52-34(58)25(49)22-16-10-7-11-17-22)37(61)50-26(23-18-12-8-13-19-23)35(59)53-29(40-56-32(44(66)67)47(3,4)71-40)38(62)51-27(24-20-14-9-15-21-24)36(60)54-30-41(63)57-33(45(68)69)48(5,6)72-42(30)57/h7-21,25-33,39-40,42,55-56H,49H2,1-6H3,(H,50,61)(H,51,62)(H,52,58)(H,53,59)(H,54,60)(H,64,65)(H,66,67)(H,68,69)/t25-,26-,27-,28?,29-,30-,31+,32+,33+,39-,40+,42-/m1/s1. The van der Waals surface area contributed by atoms with E-state index >= 15 is 0 Å². The lowest BCUT2D eigenvalue weighted by atomic mass is 9.95. The van der Waals surface area contributed by atoms with Gasteiger partial charge in [-0.3, -0.25) is 49.0 Å². The average molecular weight is 1050 g/mol. The SMILES string of the molecule is CC1(C)S[C@@H]2[C@H](NC(=O)[C@H](NC(=O)[C@@H](NC(=O)[C@H](NC(=O)C(NC(=O)[C@H](N)c3ccccc3)[C@@H]3N[C@@H](C(=O)O)C(C)(C)S3)c3ccccc3)[C@H]3N[C@@H](C(=O)O)C(C)(C)S3)c3ccccc3)C(=O)N2[C@H]1C(=O)O. The molecule has 4 saturated heterocycles. The Morgan fingerprint density at radius 1 is 0.542 bits per heavy atom. The van der Waals surface area contributed by atoms with Gasteiger partial charge in [-0.2, -0.15) is 0 Å². The molecule has 6 amide bonds. The third-order valence-corrected chi connectivity index (χ3v) is 17.5. The number of carbonyl (C=O) groups is 9. The molecule has 4 aliphatic rings. The number of β-lactam (4-membered cyclic amide) rings is 1. The van der Waals surface area contributed by atoms with E-state index in [1.807, 2.05) is 0 Å². The van der Waals surface area contributed by atoms with E-state index in [0.29, 0.717) is 5.56 Å². The number of hydrogen-bond donors (Lipinski definition) is 11. The number of fused-ring (bicyclic) bond motifs is 1. The van der Waals surface area contributed by atoms with Crippen molar-refractivity contribution >= 4 is 88.6 Å². The summed E-state index contributed by atoms with van der Waals surface area (Å²) in [6.07, 6.45) is 0. The number of thioether (sulfide) groups is 3. The number of nitrogens with two attached hydrogens (primary N) is 1. The van der Waals surface area contributed by atoms with E-state index in [0.717, 1.165) is 23.5 Å². The lowest BCUT2D eigenvalue weighted by Gasteiger charge is -2.44. The van der Waals surface area contributed by atoms with Gasteiger partial charge in [0.15, 0.2) is 0 Å². The highest BCUT2D eigenvalue weighted by Crippen LogP contribution is 2.51. The van der Waals surface area contributed by atoms with Crippen LogP contribution in [0, 0.1) is 0 Å². The number of rotatable bonds is 18. The number of nitrogens with one attached hydrogen (secondary N) is 7. The minimum atomic E-state index is -1.68. The minimum Gasteiger partial charge on any atom is -0.480 e. The molecule has 4 fully saturated rings. The van der Waals surface area contributed by atoms with Gasteiger partial charge >= 0.3 is 17.9 Å². The lowest BCUT2D eigenvalue weighted by molar-refractivity contribution is -0.161. The molecule has 0 aromatic heterocycles. The fourth-order valence-corrected chi connectivity index (χ4v) is 13.8. The molecule has 0 radical (unpaired) electrons. The van der Waals surface area contributed by atoms with Crippen molar-refractivity contribution in [1.82, 2.24) is 42.1 Å². The molecule has 7 rings (SSSR count). The molecular weight excluding hydrogens is 991 g/mol. The van der Waals surface area contributed by atoms with Gasteiger partial charge in [-0.25, -0.2) is 4.79 Å². The Hall–Kier alpha value is -6.18. The van der Waals surface area contributed by atoms with Crippen LogP contribution in [0.1, 0.15) is 76.4 Å². The first-order chi connectivity index (χ1) is 33.8. The van der Waals surface area contributed by atoms with Gasteiger partial charge in [0.25, 0.3) is 0 Å². The highest BCUT2D eigenvalue weighted by Gasteiger charge is 2.64. The predicted molar refractivity (Wildman–Crippen MR) is 268 cm³/mol. The van der Waals surface area contributed by atoms with Crippen molar-refractivity contribution in [3.8, 4) is 0 Å². The van der Waals surface area contributed by atoms with Crippen LogP contribution < -0.4 is 43.0 Å². The molecule has 384 valence electrons. The van der Waals surface area contributed by atoms with Crippen LogP contribution in [0.5, 0.6) is 0 Å².